The zero-order valence-corrected chi connectivity index (χ0v) is 29.5. The van der Waals surface area contributed by atoms with Gasteiger partial charge in [0.2, 0.25) is 11.9 Å². The van der Waals surface area contributed by atoms with E-state index < -0.39 is 44.2 Å². The van der Waals surface area contributed by atoms with Gasteiger partial charge in [-0.2, -0.15) is 0 Å². The number of aromatic nitrogens is 2. The Morgan fingerprint density at radius 3 is 1.96 bits per heavy atom. The van der Waals surface area contributed by atoms with Crippen molar-refractivity contribution in [2.45, 2.75) is 109 Å². The number of aliphatic carboxylic acids is 1. The highest BCUT2D eigenvalue weighted by Gasteiger charge is 2.31. The summed E-state index contributed by atoms with van der Waals surface area (Å²) in [6.45, 7) is 16.8. The first-order valence-corrected chi connectivity index (χ1v) is 16.7. The van der Waals surface area contributed by atoms with Gasteiger partial charge in [-0.25, -0.2) is 23.1 Å². The maximum Gasteiger partial charge on any atom is 0.306 e. The molecule has 0 saturated heterocycles. The molecule has 0 aliphatic rings. The zero-order valence-electron chi connectivity index (χ0n) is 28.7. The summed E-state index contributed by atoms with van der Waals surface area (Å²) in [6.07, 6.45) is 2.78. The Labute approximate surface area is 277 Å². The molecule has 0 fully saturated rings. The van der Waals surface area contributed by atoms with Crippen molar-refractivity contribution in [2.75, 3.05) is 24.5 Å². The van der Waals surface area contributed by atoms with Crippen molar-refractivity contribution in [3.8, 4) is 5.75 Å². The smallest absolute Gasteiger partial charge is 0.306 e. The lowest BCUT2D eigenvalue weighted by atomic mass is 9.99. The number of carboxylic acid groups (broad SMARTS) is 1. The monoisotopic (exact) mass is 679 g/mol. The van der Waals surface area contributed by atoms with E-state index in [1.54, 1.807) is 53.7 Å². The van der Waals surface area contributed by atoms with Gasteiger partial charge in [-0.1, -0.05) is 0 Å². The van der Waals surface area contributed by atoms with Crippen LogP contribution in [0.5, 0.6) is 5.75 Å². The van der Waals surface area contributed by atoms with Crippen LogP contribution < -0.4 is 20.1 Å². The van der Waals surface area contributed by atoms with Gasteiger partial charge in [0.15, 0.2) is 0 Å². The lowest BCUT2D eigenvalue weighted by Crippen LogP contribution is -2.50. The molecule has 15 heteroatoms. The lowest BCUT2D eigenvalue weighted by molar-refractivity contribution is -0.146. The molecule has 0 spiro atoms. The van der Waals surface area contributed by atoms with Crippen LogP contribution in [0.25, 0.3) is 0 Å². The first-order chi connectivity index (χ1) is 21.5. The number of hydrogen-bond donors (Lipinski definition) is 4. The van der Waals surface area contributed by atoms with Crippen molar-refractivity contribution < 1.29 is 42.1 Å². The standard InChI is InChI=1S/C32H49N5O9S/c1-10-44-23-11-13-24(14-12-23)47(42,43)37-28-33-19-22(20-34-28)27(41)36-29(2,3)15-16-45-31(6,7)17-25(38)35-30(4,5)21-46-32(8,9)18-26(39)40/h11-14,19-20H,10,15-18,21H2,1-9H3,(H,35,38)(H,36,41)(H,39,40)(H,33,34,37). The Bertz CT molecular complexity index is 1470. The predicted molar refractivity (Wildman–Crippen MR) is 176 cm³/mol. The van der Waals surface area contributed by atoms with Crippen LogP contribution in [0.3, 0.4) is 0 Å². The highest BCUT2D eigenvalue weighted by atomic mass is 32.2. The van der Waals surface area contributed by atoms with Crippen LogP contribution in [0.4, 0.5) is 5.95 Å². The van der Waals surface area contributed by atoms with Crippen LogP contribution in [0.15, 0.2) is 41.6 Å². The van der Waals surface area contributed by atoms with Crippen molar-refractivity contribution in [1.82, 2.24) is 20.6 Å². The number of nitrogens with one attached hydrogen (secondary N) is 3. The molecule has 0 aliphatic heterocycles. The molecule has 0 radical (unpaired) electrons. The van der Waals surface area contributed by atoms with E-state index in [4.69, 9.17) is 19.3 Å². The van der Waals surface area contributed by atoms with Crippen LogP contribution >= 0.6 is 0 Å². The number of benzene rings is 1. The number of amides is 2. The normalized spacial score (nSPS) is 12.7. The minimum atomic E-state index is -3.95. The first-order valence-electron chi connectivity index (χ1n) is 15.2. The molecule has 0 saturated carbocycles. The van der Waals surface area contributed by atoms with Crippen molar-refractivity contribution in [1.29, 1.82) is 0 Å². The molecule has 2 rings (SSSR count). The van der Waals surface area contributed by atoms with Gasteiger partial charge in [0, 0.05) is 24.5 Å². The predicted octanol–water partition coefficient (Wildman–Crippen LogP) is 3.92. The molecule has 0 unspecified atom stereocenters. The van der Waals surface area contributed by atoms with E-state index in [0.717, 1.165) is 0 Å². The van der Waals surface area contributed by atoms with Crippen molar-refractivity contribution >= 4 is 33.8 Å². The van der Waals surface area contributed by atoms with E-state index in [1.165, 1.54) is 24.5 Å². The van der Waals surface area contributed by atoms with Gasteiger partial charge in [-0.3, -0.25) is 14.4 Å². The molecule has 14 nitrogen and oxygen atoms in total. The number of carboxylic acids is 1. The SMILES string of the molecule is CCOc1ccc(S(=O)(=O)Nc2ncc(C(=O)NC(C)(C)CCOC(C)(C)CC(=O)NC(C)(C)COC(C)(C)CC(=O)O)cn2)cc1. The number of carbonyl (C=O) groups is 3. The molecular weight excluding hydrogens is 630 g/mol. The number of sulfonamides is 1. The zero-order chi connectivity index (χ0) is 35.7. The molecule has 2 amide bonds. The van der Waals surface area contributed by atoms with E-state index in [9.17, 15) is 22.8 Å². The third kappa shape index (κ3) is 14.2. The van der Waals surface area contributed by atoms with E-state index in [-0.39, 0.29) is 48.4 Å². The first kappa shape index (κ1) is 39.4. The van der Waals surface area contributed by atoms with Gasteiger partial charge in [0.1, 0.15) is 5.75 Å². The second kappa shape index (κ2) is 15.8. The summed E-state index contributed by atoms with van der Waals surface area (Å²) in [6, 6.07) is 5.91. The Morgan fingerprint density at radius 2 is 1.40 bits per heavy atom. The fraction of sp³-hybridized carbons (Fsp3) is 0.594. The summed E-state index contributed by atoms with van der Waals surface area (Å²) < 4.78 is 44.8. The summed E-state index contributed by atoms with van der Waals surface area (Å²) in [5, 5.41) is 14.9. The minimum Gasteiger partial charge on any atom is -0.494 e. The second-order valence-electron chi connectivity index (χ2n) is 13.7. The maximum atomic E-state index is 12.9. The Hall–Kier alpha value is -3.82. The van der Waals surface area contributed by atoms with E-state index >= 15 is 0 Å². The topological polar surface area (TPSA) is 195 Å². The molecule has 47 heavy (non-hydrogen) atoms. The summed E-state index contributed by atoms with van der Waals surface area (Å²) in [7, 11) is -3.95. The van der Waals surface area contributed by atoms with Gasteiger partial charge >= 0.3 is 5.97 Å². The number of hydrogen-bond acceptors (Lipinski definition) is 10. The van der Waals surface area contributed by atoms with Crippen molar-refractivity contribution in [2.24, 2.45) is 0 Å². The van der Waals surface area contributed by atoms with Crippen molar-refractivity contribution in [3.05, 3.63) is 42.2 Å². The van der Waals surface area contributed by atoms with Gasteiger partial charge in [-0.15, -0.1) is 0 Å². The number of rotatable bonds is 19. The van der Waals surface area contributed by atoms with E-state index in [2.05, 4.69) is 25.3 Å². The highest BCUT2D eigenvalue weighted by molar-refractivity contribution is 7.92. The van der Waals surface area contributed by atoms with Gasteiger partial charge < -0.3 is 30.0 Å². The Morgan fingerprint density at radius 1 is 0.830 bits per heavy atom. The summed E-state index contributed by atoms with van der Waals surface area (Å²) in [5.41, 5.74) is -3.00. The fourth-order valence-corrected chi connectivity index (χ4v) is 5.23. The van der Waals surface area contributed by atoms with Gasteiger partial charge in [0.05, 0.1) is 53.3 Å². The number of ether oxygens (including phenoxy) is 3. The maximum absolute atomic E-state index is 12.9. The summed E-state index contributed by atoms with van der Waals surface area (Å²) >= 11 is 0. The summed E-state index contributed by atoms with van der Waals surface area (Å²) in [5.74, 6) is -1.32. The molecule has 4 N–H and O–H groups in total. The van der Waals surface area contributed by atoms with Crippen molar-refractivity contribution in [3.63, 3.8) is 0 Å². The molecule has 0 bridgehead atoms. The molecule has 2 aromatic rings. The lowest BCUT2D eigenvalue weighted by Gasteiger charge is -2.33. The number of anilines is 1. The average Bonchev–Trinajstić information content (AvgIpc) is 2.91. The average molecular weight is 680 g/mol. The summed E-state index contributed by atoms with van der Waals surface area (Å²) in [4.78, 5) is 44.7. The van der Waals surface area contributed by atoms with Crippen LogP contribution in [-0.2, 0) is 29.1 Å². The van der Waals surface area contributed by atoms with Crippen LogP contribution in [-0.4, -0.2) is 83.4 Å². The third-order valence-electron chi connectivity index (χ3n) is 6.72. The molecule has 1 aromatic carbocycles. The Kier molecular flexibility index (Phi) is 13.3. The molecule has 262 valence electrons. The molecular formula is C32H49N5O9S. The van der Waals surface area contributed by atoms with E-state index in [0.29, 0.717) is 18.8 Å². The second-order valence-corrected chi connectivity index (χ2v) is 15.4. The highest BCUT2D eigenvalue weighted by Crippen LogP contribution is 2.21. The fourth-order valence-electron chi connectivity index (χ4n) is 4.27. The van der Waals surface area contributed by atoms with Gasteiger partial charge in [0.25, 0.3) is 15.9 Å². The quantitative estimate of drug-likeness (QED) is 0.168. The minimum absolute atomic E-state index is 0.00618. The van der Waals surface area contributed by atoms with Crippen LogP contribution in [0.1, 0.15) is 91.9 Å². The molecule has 0 aliphatic carbocycles. The molecule has 1 heterocycles. The largest absolute Gasteiger partial charge is 0.494 e. The number of carbonyl (C=O) groups excluding carboxylic acids is 2. The van der Waals surface area contributed by atoms with E-state index in [1.807, 2.05) is 20.8 Å². The molecule has 0 atom stereocenters. The van der Waals surface area contributed by atoms with Crippen LogP contribution in [0, 0.1) is 0 Å². The number of nitrogens with zero attached hydrogens (tertiary/aromatic N) is 2. The van der Waals surface area contributed by atoms with Gasteiger partial charge in [-0.05, 0) is 93.0 Å². The van der Waals surface area contributed by atoms with Crippen LogP contribution in [0.2, 0.25) is 0 Å². The molecule has 1 aromatic heterocycles. The third-order valence-corrected chi connectivity index (χ3v) is 8.07. The Balaban J connectivity index is 1.85.